The highest BCUT2D eigenvalue weighted by atomic mass is 14.9. The molecule has 0 bridgehead atoms. The van der Waals surface area contributed by atoms with Gasteiger partial charge in [0, 0.05) is 6.04 Å². The van der Waals surface area contributed by atoms with Crippen LogP contribution < -0.4 is 5.32 Å². The van der Waals surface area contributed by atoms with Crippen LogP contribution in [-0.2, 0) is 0 Å². The van der Waals surface area contributed by atoms with Crippen LogP contribution in [0.5, 0.6) is 0 Å². The first kappa shape index (κ1) is 12.6. The smallest absolute Gasteiger partial charge is 0.0351 e. The molecule has 94 valence electrons. The Morgan fingerprint density at radius 3 is 2.59 bits per heavy atom. The minimum atomic E-state index is 0.535. The molecule has 1 N–H and O–H groups in total. The molecular formula is C16H25N. The van der Waals surface area contributed by atoms with Gasteiger partial charge in [-0.25, -0.2) is 0 Å². The molecule has 0 aliphatic heterocycles. The number of hydrogen-bond acceptors (Lipinski definition) is 1. The molecule has 1 nitrogen and oxygen atoms in total. The highest BCUT2D eigenvalue weighted by Crippen LogP contribution is 2.43. The Balaban J connectivity index is 2.27. The Morgan fingerprint density at radius 1 is 1.29 bits per heavy atom. The van der Waals surface area contributed by atoms with Crippen molar-refractivity contribution in [2.45, 2.75) is 46.6 Å². The lowest BCUT2D eigenvalue weighted by Crippen LogP contribution is -2.28. The summed E-state index contributed by atoms with van der Waals surface area (Å²) in [6.07, 6.45) is 2.85. The first-order valence-corrected chi connectivity index (χ1v) is 6.94. The van der Waals surface area contributed by atoms with Crippen LogP contribution in [0.2, 0.25) is 0 Å². The van der Waals surface area contributed by atoms with Crippen LogP contribution in [0.1, 0.15) is 49.4 Å². The number of rotatable bonds is 5. The van der Waals surface area contributed by atoms with Gasteiger partial charge in [0.2, 0.25) is 0 Å². The molecule has 0 heterocycles. The number of hydrogen-bond donors (Lipinski definition) is 1. The van der Waals surface area contributed by atoms with Gasteiger partial charge in [-0.1, -0.05) is 37.6 Å². The van der Waals surface area contributed by atoms with Crippen LogP contribution in [0, 0.1) is 25.7 Å². The van der Waals surface area contributed by atoms with Gasteiger partial charge < -0.3 is 5.32 Å². The van der Waals surface area contributed by atoms with Crippen molar-refractivity contribution in [1.29, 1.82) is 0 Å². The van der Waals surface area contributed by atoms with Crippen molar-refractivity contribution in [3.8, 4) is 0 Å². The second-order valence-electron chi connectivity index (χ2n) is 5.59. The van der Waals surface area contributed by atoms with E-state index in [0.717, 1.165) is 18.4 Å². The van der Waals surface area contributed by atoms with Crippen LogP contribution in [0.4, 0.5) is 0 Å². The summed E-state index contributed by atoms with van der Waals surface area (Å²) >= 11 is 0. The summed E-state index contributed by atoms with van der Waals surface area (Å²) in [7, 11) is 0. The van der Waals surface area contributed by atoms with Crippen molar-refractivity contribution in [3.05, 3.63) is 34.9 Å². The van der Waals surface area contributed by atoms with Crippen LogP contribution in [0.15, 0.2) is 18.2 Å². The Labute approximate surface area is 106 Å². The maximum Gasteiger partial charge on any atom is 0.0351 e. The summed E-state index contributed by atoms with van der Waals surface area (Å²) in [6, 6.07) is 7.37. The van der Waals surface area contributed by atoms with E-state index in [0.29, 0.717) is 6.04 Å². The number of nitrogens with one attached hydrogen (secondary N) is 1. The lowest BCUT2D eigenvalue weighted by Gasteiger charge is -2.27. The van der Waals surface area contributed by atoms with Gasteiger partial charge in [-0.15, -0.1) is 0 Å². The van der Waals surface area contributed by atoms with Gasteiger partial charge in [-0.05, 0) is 56.2 Å². The zero-order valence-corrected chi connectivity index (χ0v) is 11.6. The fraction of sp³-hybridized carbons (Fsp3) is 0.625. The van der Waals surface area contributed by atoms with E-state index in [2.05, 4.69) is 51.2 Å². The van der Waals surface area contributed by atoms with Gasteiger partial charge in [-0.2, -0.15) is 0 Å². The molecule has 2 rings (SSSR count). The van der Waals surface area contributed by atoms with Gasteiger partial charge >= 0.3 is 0 Å². The maximum atomic E-state index is 3.69. The van der Waals surface area contributed by atoms with Crippen molar-refractivity contribution in [1.82, 2.24) is 5.32 Å². The van der Waals surface area contributed by atoms with Gasteiger partial charge in [0.25, 0.3) is 0 Å². The molecule has 0 spiro atoms. The molecule has 1 fully saturated rings. The topological polar surface area (TPSA) is 12.0 Å². The van der Waals surface area contributed by atoms with E-state index in [1.165, 1.54) is 29.5 Å². The minimum Gasteiger partial charge on any atom is -0.310 e. The normalized spacial score (nSPS) is 19.1. The van der Waals surface area contributed by atoms with Gasteiger partial charge in [0.15, 0.2) is 0 Å². The average Bonchev–Trinajstić information content (AvgIpc) is 3.12. The second kappa shape index (κ2) is 5.22. The first-order valence-electron chi connectivity index (χ1n) is 6.94. The molecule has 1 aliphatic rings. The van der Waals surface area contributed by atoms with Crippen molar-refractivity contribution in [2.24, 2.45) is 11.8 Å². The Bertz CT molecular complexity index is 379. The van der Waals surface area contributed by atoms with E-state index in [4.69, 9.17) is 0 Å². The average molecular weight is 231 g/mol. The van der Waals surface area contributed by atoms with E-state index in [1.807, 2.05) is 0 Å². The predicted molar refractivity (Wildman–Crippen MR) is 74.2 cm³/mol. The van der Waals surface area contributed by atoms with Crippen LogP contribution in [-0.4, -0.2) is 6.54 Å². The fourth-order valence-electron chi connectivity index (χ4n) is 2.79. The van der Waals surface area contributed by atoms with Crippen molar-refractivity contribution in [3.63, 3.8) is 0 Å². The third-order valence-corrected chi connectivity index (χ3v) is 4.09. The van der Waals surface area contributed by atoms with Gasteiger partial charge in [0.1, 0.15) is 0 Å². The van der Waals surface area contributed by atoms with Gasteiger partial charge in [0.05, 0.1) is 0 Å². The third-order valence-electron chi connectivity index (χ3n) is 4.09. The molecule has 17 heavy (non-hydrogen) atoms. The molecule has 2 atom stereocenters. The largest absolute Gasteiger partial charge is 0.310 e. The molecule has 1 aliphatic carbocycles. The molecule has 2 unspecified atom stereocenters. The summed E-state index contributed by atoms with van der Waals surface area (Å²) in [5.74, 6) is 1.70. The third kappa shape index (κ3) is 2.90. The SMILES string of the molecule is CCNC(c1cc(C)ccc1C)C(C)C1CC1. The van der Waals surface area contributed by atoms with E-state index in [-0.39, 0.29) is 0 Å². The second-order valence-corrected chi connectivity index (χ2v) is 5.59. The molecule has 1 aromatic carbocycles. The standard InChI is InChI=1S/C16H25N/c1-5-17-16(13(4)14-8-9-14)15-10-11(2)6-7-12(15)3/h6-7,10,13-14,16-17H,5,8-9H2,1-4H3. The van der Waals surface area contributed by atoms with Crippen molar-refractivity contribution < 1.29 is 0 Å². The molecule has 0 amide bonds. The molecule has 1 heteroatoms. The van der Waals surface area contributed by atoms with Crippen LogP contribution in [0.25, 0.3) is 0 Å². The van der Waals surface area contributed by atoms with E-state index >= 15 is 0 Å². The maximum absolute atomic E-state index is 3.69. The highest BCUT2D eigenvalue weighted by molar-refractivity contribution is 5.33. The molecule has 1 saturated carbocycles. The summed E-state index contributed by atoms with van der Waals surface area (Å²) < 4.78 is 0. The van der Waals surface area contributed by atoms with E-state index in [1.54, 1.807) is 0 Å². The summed E-state index contributed by atoms with van der Waals surface area (Å²) in [4.78, 5) is 0. The zero-order chi connectivity index (χ0) is 12.4. The lowest BCUT2D eigenvalue weighted by atomic mass is 9.87. The lowest BCUT2D eigenvalue weighted by molar-refractivity contribution is 0.354. The number of aryl methyl sites for hydroxylation is 2. The Morgan fingerprint density at radius 2 is 2.00 bits per heavy atom. The minimum absolute atomic E-state index is 0.535. The molecular weight excluding hydrogens is 206 g/mol. The summed E-state index contributed by atoms with van der Waals surface area (Å²) in [5.41, 5.74) is 4.30. The summed E-state index contributed by atoms with van der Waals surface area (Å²) in [6.45, 7) is 10.1. The fourth-order valence-corrected chi connectivity index (χ4v) is 2.79. The highest BCUT2D eigenvalue weighted by Gasteiger charge is 2.34. The predicted octanol–water partition coefficient (Wildman–Crippen LogP) is 4.00. The monoisotopic (exact) mass is 231 g/mol. The van der Waals surface area contributed by atoms with Crippen molar-refractivity contribution >= 4 is 0 Å². The first-order chi connectivity index (χ1) is 8.13. The number of benzene rings is 1. The van der Waals surface area contributed by atoms with E-state index in [9.17, 15) is 0 Å². The van der Waals surface area contributed by atoms with Gasteiger partial charge in [-0.3, -0.25) is 0 Å². The van der Waals surface area contributed by atoms with E-state index < -0.39 is 0 Å². The van der Waals surface area contributed by atoms with Crippen LogP contribution >= 0.6 is 0 Å². The molecule has 0 radical (unpaired) electrons. The van der Waals surface area contributed by atoms with Crippen molar-refractivity contribution in [2.75, 3.05) is 6.54 Å². The summed E-state index contributed by atoms with van der Waals surface area (Å²) in [5, 5.41) is 3.69. The Hall–Kier alpha value is -0.820. The Kier molecular flexibility index (Phi) is 3.88. The van der Waals surface area contributed by atoms with Crippen LogP contribution in [0.3, 0.4) is 0 Å². The molecule has 0 aromatic heterocycles. The zero-order valence-electron chi connectivity index (χ0n) is 11.6. The quantitative estimate of drug-likeness (QED) is 0.807. The molecule has 0 saturated heterocycles. The molecule has 1 aromatic rings.